The van der Waals surface area contributed by atoms with Crippen LogP contribution in [0, 0.1) is 5.82 Å². The minimum absolute atomic E-state index is 0.129. The van der Waals surface area contributed by atoms with E-state index in [0.717, 1.165) is 6.07 Å². The molecular weight excluding hydrogens is 344 g/mol. The zero-order chi connectivity index (χ0) is 17.0. The summed E-state index contributed by atoms with van der Waals surface area (Å²) in [5, 5.41) is 3.04. The molecule has 0 bridgehead atoms. The lowest BCUT2D eigenvalue weighted by molar-refractivity contribution is -0.115. The van der Waals surface area contributed by atoms with Gasteiger partial charge in [0.2, 0.25) is 5.91 Å². The van der Waals surface area contributed by atoms with Crippen molar-refractivity contribution in [2.45, 2.75) is 6.42 Å². The number of amides is 1. The Bertz CT molecular complexity index is 765. The number of ether oxygens (including phenoxy) is 1. The molecule has 2 rings (SSSR count). The van der Waals surface area contributed by atoms with Crippen LogP contribution < -0.4 is 5.32 Å². The molecule has 0 aliphatic heterocycles. The number of rotatable bonds is 4. The van der Waals surface area contributed by atoms with Gasteiger partial charge in [-0.15, -0.1) is 0 Å². The predicted molar refractivity (Wildman–Crippen MR) is 86.5 cm³/mol. The van der Waals surface area contributed by atoms with Crippen LogP contribution in [-0.2, 0) is 16.0 Å². The normalized spacial score (nSPS) is 10.3. The number of nitrogens with one attached hydrogen (secondary N) is 1. The molecular formula is C16H12Cl2FNO3. The van der Waals surface area contributed by atoms with Crippen LogP contribution in [-0.4, -0.2) is 19.0 Å². The second-order valence-electron chi connectivity index (χ2n) is 4.65. The van der Waals surface area contributed by atoms with Crippen LogP contribution in [0.5, 0.6) is 0 Å². The second kappa shape index (κ2) is 7.44. The minimum Gasteiger partial charge on any atom is -0.465 e. The standard InChI is InChI=1S/C16H12Cl2FNO3/c1-23-16(22)12-8-11(4-5-13(12)18)20-15(21)6-9-2-3-10(17)7-14(9)19/h2-5,7-8H,6H2,1H3,(H,20,21). The highest BCUT2D eigenvalue weighted by Gasteiger charge is 2.13. The summed E-state index contributed by atoms with van der Waals surface area (Å²) in [5.74, 6) is -1.61. The molecule has 0 fully saturated rings. The fourth-order valence-corrected chi connectivity index (χ4v) is 2.27. The van der Waals surface area contributed by atoms with Gasteiger partial charge in [-0.05, 0) is 35.9 Å². The fraction of sp³-hybridized carbons (Fsp3) is 0.125. The first-order valence-electron chi connectivity index (χ1n) is 6.52. The van der Waals surface area contributed by atoms with Crippen molar-refractivity contribution in [3.8, 4) is 0 Å². The lowest BCUT2D eigenvalue weighted by atomic mass is 10.1. The first-order valence-corrected chi connectivity index (χ1v) is 7.28. The Labute approximate surface area is 142 Å². The maximum Gasteiger partial charge on any atom is 0.339 e. The lowest BCUT2D eigenvalue weighted by Crippen LogP contribution is -2.15. The first-order chi connectivity index (χ1) is 10.9. The summed E-state index contributed by atoms with van der Waals surface area (Å²) in [4.78, 5) is 23.6. The van der Waals surface area contributed by atoms with Crippen molar-refractivity contribution in [2.75, 3.05) is 12.4 Å². The number of hydrogen-bond donors (Lipinski definition) is 1. The summed E-state index contributed by atoms with van der Waals surface area (Å²) in [5.41, 5.74) is 0.702. The molecule has 0 aliphatic carbocycles. The van der Waals surface area contributed by atoms with Gasteiger partial charge in [0.15, 0.2) is 0 Å². The lowest BCUT2D eigenvalue weighted by Gasteiger charge is -2.09. The van der Waals surface area contributed by atoms with Crippen molar-refractivity contribution < 1.29 is 18.7 Å². The van der Waals surface area contributed by atoms with Gasteiger partial charge in [0.25, 0.3) is 0 Å². The summed E-state index contributed by atoms with van der Waals surface area (Å²) in [6.07, 6.45) is -0.167. The molecule has 0 spiro atoms. The van der Waals surface area contributed by atoms with E-state index in [2.05, 4.69) is 10.1 Å². The van der Waals surface area contributed by atoms with E-state index in [-0.39, 0.29) is 27.6 Å². The van der Waals surface area contributed by atoms with Crippen LogP contribution in [0.2, 0.25) is 10.0 Å². The smallest absolute Gasteiger partial charge is 0.339 e. The number of anilines is 1. The van der Waals surface area contributed by atoms with Gasteiger partial charge >= 0.3 is 5.97 Å². The first kappa shape index (κ1) is 17.2. The van der Waals surface area contributed by atoms with Gasteiger partial charge in [-0.25, -0.2) is 9.18 Å². The number of benzene rings is 2. The van der Waals surface area contributed by atoms with Crippen LogP contribution in [0.1, 0.15) is 15.9 Å². The summed E-state index contributed by atoms with van der Waals surface area (Å²) < 4.78 is 18.3. The molecule has 0 atom stereocenters. The van der Waals surface area contributed by atoms with Crippen LogP contribution >= 0.6 is 23.2 Å². The molecule has 2 aromatic rings. The van der Waals surface area contributed by atoms with E-state index in [0.29, 0.717) is 5.69 Å². The molecule has 120 valence electrons. The van der Waals surface area contributed by atoms with Crippen molar-refractivity contribution in [2.24, 2.45) is 0 Å². The molecule has 1 amide bonds. The van der Waals surface area contributed by atoms with Gasteiger partial charge < -0.3 is 10.1 Å². The van der Waals surface area contributed by atoms with E-state index < -0.39 is 17.7 Å². The van der Waals surface area contributed by atoms with Crippen LogP contribution in [0.4, 0.5) is 10.1 Å². The third-order valence-corrected chi connectivity index (χ3v) is 3.59. The number of esters is 1. The maximum atomic E-state index is 13.7. The SMILES string of the molecule is COC(=O)c1cc(NC(=O)Cc2ccc(Cl)cc2F)ccc1Cl. The van der Waals surface area contributed by atoms with Crippen LogP contribution in [0.25, 0.3) is 0 Å². The van der Waals surface area contributed by atoms with E-state index in [1.54, 1.807) is 0 Å². The van der Waals surface area contributed by atoms with Gasteiger partial charge in [0.05, 0.1) is 24.1 Å². The fourth-order valence-electron chi connectivity index (χ4n) is 1.91. The summed E-state index contributed by atoms with van der Waals surface area (Å²) >= 11 is 11.6. The number of carbonyl (C=O) groups excluding carboxylic acids is 2. The Hall–Kier alpha value is -2.11. The third-order valence-electron chi connectivity index (χ3n) is 3.02. The van der Waals surface area contributed by atoms with Crippen molar-refractivity contribution in [1.82, 2.24) is 0 Å². The molecule has 23 heavy (non-hydrogen) atoms. The predicted octanol–water partition coefficient (Wildman–Crippen LogP) is 4.10. The van der Waals surface area contributed by atoms with E-state index in [9.17, 15) is 14.0 Å². The Morgan fingerprint density at radius 3 is 2.57 bits per heavy atom. The Kier molecular flexibility index (Phi) is 5.58. The van der Waals surface area contributed by atoms with Crippen molar-refractivity contribution in [1.29, 1.82) is 0 Å². The van der Waals surface area contributed by atoms with Gasteiger partial charge in [0.1, 0.15) is 5.82 Å². The molecule has 1 N–H and O–H groups in total. The zero-order valence-electron chi connectivity index (χ0n) is 12.0. The number of carbonyl (C=O) groups is 2. The second-order valence-corrected chi connectivity index (χ2v) is 5.49. The Morgan fingerprint density at radius 2 is 1.91 bits per heavy atom. The molecule has 7 heteroatoms. The van der Waals surface area contributed by atoms with Gasteiger partial charge in [-0.2, -0.15) is 0 Å². The molecule has 0 saturated heterocycles. The Balaban J connectivity index is 2.12. The number of hydrogen-bond acceptors (Lipinski definition) is 3. The van der Waals surface area contributed by atoms with E-state index in [4.69, 9.17) is 23.2 Å². The highest BCUT2D eigenvalue weighted by Crippen LogP contribution is 2.22. The van der Waals surface area contributed by atoms with Gasteiger partial charge in [-0.3, -0.25) is 4.79 Å². The maximum absolute atomic E-state index is 13.7. The zero-order valence-corrected chi connectivity index (χ0v) is 13.5. The quantitative estimate of drug-likeness (QED) is 0.840. The van der Waals surface area contributed by atoms with Gasteiger partial charge in [-0.1, -0.05) is 29.3 Å². The monoisotopic (exact) mass is 355 g/mol. The average Bonchev–Trinajstić information content (AvgIpc) is 2.51. The summed E-state index contributed by atoms with van der Waals surface area (Å²) in [7, 11) is 1.23. The molecule has 4 nitrogen and oxygen atoms in total. The molecule has 0 aromatic heterocycles. The third kappa shape index (κ3) is 4.43. The van der Waals surface area contributed by atoms with Crippen molar-refractivity contribution >= 4 is 40.8 Å². The highest BCUT2D eigenvalue weighted by molar-refractivity contribution is 6.33. The number of methoxy groups -OCH3 is 1. The van der Waals surface area contributed by atoms with Crippen LogP contribution in [0.15, 0.2) is 36.4 Å². The molecule has 2 aromatic carbocycles. The molecule has 0 radical (unpaired) electrons. The summed E-state index contributed by atoms with van der Waals surface area (Å²) in [6, 6.07) is 8.48. The van der Waals surface area contributed by atoms with E-state index >= 15 is 0 Å². The highest BCUT2D eigenvalue weighted by atomic mass is 35.5. The van der Waals surface area contributed by atoms with E-state index in [1.807, 2.05) is 0 Å². The molecule has 0 aliphatic rings. The minimum atomic E-state index is -0.616. The van der Waals surface area contributed by atoms with Crippen molar-refractivity contribution in [3.05, 3.63) is 63.4 Å². The van der Waals surface area contributed by atoms with E-state index in [1.165, 1.54) is 37.4 Å². The topological polar surface area (TPSA) is 55.4 Å². The molecule has 0 heterocycles. The number of halogens is 3. The Morgan fingerprint density at radius 1 is 1.17 bits per heavy atom. The summed E-state index contributed by atoms with van der Waals surface area (Å²) in [6.45, 7) is 0. The van der Waals surface area contributed by atoms with Crippen molar-refractivity contribution in [3.63, 3.8) is 0 Å². The van der Waals surface area contributed by atoms with Gasteiger partial charge in [0, 0.05) is 10.7 Å². The molecule has 0 unspecified atom stereocenters. The average molecular weight is 356 g/mol. The van der Waals surface area contributed by atoms with Crippen LogP contribution in [0.3, 0.4) is 0 Å². The largest absolute Gasteiger partial charge is 0.465 e. The molecule has 0 saturated carbocycles.